The van der Waals surface area contributed by atoms with Gasteiger partial charge in [-0.05, 0) is 47.5 Å². The van der Waals surface area contributed by atoms with Gasteiger partial charge in [0.2, 0.25) is 5.88 Å². The number of rotatable bonds is 3. The molecule has 0 aliphatic carbocycles. The molecule has 0 N–H and O–H groups in total. The smallest absolute Gasteiger partial charge is 0.410 e. The molecule has 0 radical (unpaired) electrons. The average molecular weight is 362 g/mol. The molecule has 0 spiro atoms. The first kappa shape index (κ1) is 18.6. The minimum Gasteiger partial charge on any atom is -0.444 e. The lowest BCUT2D eigenvalue weighted by Gasteiger charge is -2.32. The van der Waals surface area contributed by atoms with Gasteiger partial charge in [0.1, 0.15) is 5.60 Å². The van der Waals surface area contributed by atoms with E-state index in [0.29, 0.717) is 25.0 Å². The fourth-order valence-electron chi connectivity index (χ4n) is 3.21. The quantitative estimate of drug-likeness (QED) is 0.816. The number of carbonyl (C=O) groups is 1. The number of hydrogen-bond donors (Lipinski definition) is 0. The van der Waals surface area contributed by atoms with E-state index >= 15 is 0 Å². The Hall–Kier alpha value is -2.18. The number of nitrogens with zero attached hydrogens (tertiary/aromatic N) is 4. The van der Waals surface area contributed by atoms with Gasteiger partial charge < -0.3 is 19.1 Å². The molecule has 7 heteroatoms. The van der Waals surface area contributed by atoms with Gasteiger partial charge in [0.15, 0.2) is 0 Å². The van der Waals surface area contributed by atoms with E-state index in [1.165, 1.54) is 0 Å². The maximum atomic E-state index is 12.2. The zero-order chi connectivity index (χ0) is 18.9. The lowest BCUT2D eigenvalue weighted by molar-refractivity contribution is 0.0203. The summed E-state index contributed by atoms with van der Waals surface area (Å²) in [6.07, 6.45) is 5.62. The van der Waals surface area contributed by atoms with Crippen LogP contribution in [-0.2, 0) is 4.74 Å². The van der Waals surface area contributed by atoms with Gasteiger partial charge in [-0.2, -0.15) is 0 Å². The molecule has 1 aromatic rings. The fourth-order valence-corrected chi connectivity index (χ4v) is 3.21. The second kappa shape index (κ2) is 7.21. The molecule has 1 amide bonds. The van der Waals surface area contributed by atoms with Crippen molar-refractivity contribution in [2.45, 2.75) is 65.0 Å². The average Bonchev–Trinajstić information content (AvgIpc) is 3.22. The van der Waals surface area contributed by atoms with Gasteiger partial charge in [-0.15, -0.1) is 0 Å². The van der Waals surface area contributed by atoms with Gasteiger partial charge in [0.05, 0.1) is 12.4 Å². The van der Waals surface area contributed by atoms with Crippen LogP contribution in [0, 0.1) is 0 Å². The standard InChI is InChI=1S/C19H30N4O3/c1-14(2)22-10-11-23(13-22)17-12-16(20-26-17)15-6-8-21(9-7-15)18(24)25-19(3,4)5/h10-12,14-15H,6-9,13H2,1-5H3. The fraction of sp³-hybridized carbons (Fsp3) is 0.684. The van der Waals surface area contributed by atoms with E-state index in [1.54, 1.807) is 4.90 Å². The lowest BCUT2D eigenvalue weighted by Crippen LogP contribution is -2.41. The highest BCUT2D eigenvalue weighted by Crippen LogP contribution is 2.31. The molecule has 0 aromatic carbocycles. The van der Waals surface area contributed by atoms with Crippen molar-refractivity contribution in [1.82, 2.24) is 15.0 Å². The minimum absolute atomic E-state index is 0.229. The van der Waals surface area contributed by atoms with Crippen LogP contribution in [0.3, 0.4) is 0 Å². The first-order valence-corrected chi connectivity index (χ1v) is 9.38. The SMILES string of the molecule is CC(C)N1C=CN(c2cc(C3CCN(C(=O)OC(C)(C)C)CC3)no2)C1. The largest absolute Gasteiger partial charge is 0.444 e. The van der Waals surface area contributed by atoms with E-state index in [1.807, 2.05) is 33.0 Å². The highest BCUT2D eigenvalue weighted by Gasteiger charge is 2.29. The number of likely N-dealkylation sites (tertiary alicyclic amines) is 1. The Bertz CT molecular complexity index is 654. The summed E-state index contributed by atoms with van der Waals surface area (Å²) in [5, 5.41) is 4.28. The van der Waals surface area contributed by atoms with E-state index < -0.39 is 5.60 Å². The summed E-state index contributed by atoms with van der Waals surface area (Å²) in [4.78, 5) is 18.3. The van der Waals surface area contributed by atoms with Crippen LogP contribution in [0.5, 0.6) is 0 Å². The zero-order valence-corrected chi connectivity index (χ0v) is 16.4. The summed E-state index contributed by atoms with van der Waals surface area (Å²) >= 11 is 0. The van der Waals surface area contributed by atoms with Gasteiger partial charge in [-0.3, -0.25) is 4.90 Å². The summed E-state index contributed by atoms with van der Waals surface area (Å²) in [5.41, 5.74) is 0.516. The second-order valence-electron chi connectivity index (χ2n) is 8.35. The predicted molar refractivity (Wildman–Crippen MR) is 99.7 cm³/mol. The molecule has 26 heavy (non-hydrogen) atoms. The van der Waals surface area contributed by atoms with E-state index in [9.17, 15) is 4.79 Å². The lowest BCUT2D eigenvalue weighted by atomic mass is 9.94. The molecule has 0 atom stereocenters. The molecule has 1 saturated heterocycles. The number of carbonyl (C=O) groups excluding carboxylic acids is 1. The van der Waals surface area contributed by atoms with Crippen molar-refractivity contribution in [3.63, 3.8) is 0 Å². The summed E-state index contributed by atoms with van der Waals surface area (Å²) in [7, 11) is 0. The molecule has 1 fully saturated rings. The van der Waals surface area contributed by atoms with Crippen LogP contribution in [0.25, 0.3) is 0 Å². The number of hydrogen-bond acceptors (Lipinski definition) is 6. The Morgan fingerprint density at radius 1 is 1.27 bits per heavy atom. The molecular weight excluding hydrogens is 332 g/mol. The van der Waals surface area contributed by atoms with Crippen molar-refractivity contribution in [3.8, 4) is 0 Å². The second-order valence-corrected chi connectivity index (χ2v) is 8.35. The highest BCUT2D eigenvalue weighted by molar-refractivity contribution is 5.68. The van der Waals surface area contributed by atoms with Gasteiger partial charge in [-0.1, -0.05) is 5.16 Å². The van der Waals surface area contributed by atoms with E-state index in [4.69, 9.17) is 9.26 Å². The van der Waals surface area contributed by atoms with Crippen molar-refractivity contribution in [1.29, 1.82) is 0 Å². The van der Waals surface area contributed by atoms with Crippen molar-refractivity contribution >= 4 is 12.0 Å². The van der Waals surface area contributed by atoms with Crippen molar-refractivity contribution in [2.24, 2.45) is 0 Å². The third-order valence-electron chi connectivity index (χ3n) is 4.78. The van der Waals surface area contributed by atoms with Crippen LogP contribution in [0.4, 0.5) is 10.7 Å². The van der Waals surface area contributed by atoms with Crippen LogP contribution >= 0.6 is 0 Å². The molecule has 2 aliphatic heterocycles. The molecule has 3 rings (SSSR count). The van der Waals surface area contributed by atoms with Gasteiger partial charge in [0, 0.05) is 43.5 Å². The van der Waals surface area contributed by atoms with E-state index in [0.717, 1.165) is 31.1 Å². The Morgan fingerprint density at radius 2 is 1.96 bits per heavy atom. The number of amides is 1. The van der Waals surface area contributed by atoms with Crippen molar-refractivity contribution in [2.75, 3.05) is 24.7 Å². The molecular formula is C19H30N4O3. The Balaban J connectivity index is 1.54. The van der Waals surface area contributed by atoms with Gasteiger partial charge in [-0.25, -0.2) is 4.79 Å². The molecule has 7 nitrogen and oxygen atoms in total. The summed E-state index contributed by atoms with van der Waals surface area (Å²) in [5.74, 6) is 1.09. The highest BCUT2D eigenvalue weighted by atomic mass is 16.6. The number of ether oxygens (including phenoxy) is 1. The summed E-state index contributed by atoms with van der Waals surface area (Å²) < 4.78 is 11.0. The molecule has 1 aromatic heterocycles. The molecule has 2 aliphatic rings. The van der Waals surface area contributed by atoms with Crippen LogP contribution in [0.2, 0.25) is 0 Å². The zero-order valence-electron chi connectivity index (χ0n) is 16.4. The molecule has 0 bridgehead atoms. The number of anilines is 1. The van der Waals surface area contributed by atoms with E-state index in [2.05, 4.69) is 35.0 Å². The first-order valence-electron chi connectivity index (χ1n) is 9.38. The van der Waals surface area contributed by atoms with Gasteiger partial charge in [0.25, 0.3) is 0 Å². The third-order valence-corrected chi connectivity index (χ3v) is 4.78. The van der Waals surface area contributed by atoms with E-state index in [-0.39, 0.29) is 6.09 Å². The third kappa shape index (κ3) is 4.31. The molecule has 3 heterocycles. The Labute approximate surface area is 155 Å². The van der Waals surface area contributed by atoms with Crippen LogP contribution in [0.1, 0.15) is 59.1 Å². The van der Waals surface area contributed by atoms with Crippen molar-refractivity contribution in [3.05, 3.63) is 24.2 Å². The summed E-state index contributed by atoms with van der Waals surface area (Å²) in [6, 6.07) is 2.48. The van der Waals surface area contributed by atoms with Crippen LogP contribution in [0.15, 0.2) is 23.0 Å². The minimum atomic E-state index is -0.456. The number of piperidine rings is 1. The summed E-state index contributed by atoms with van der Waals surface area (Å²) in [6.45, 7) is 12.2. The van der Waals surface area contributed by atoms with Crippen molar-refractivity contribution < 1.29 is 14.1 Å². The monoisotopic (exact) mass is 362 g/mol. The molecule has 0 saturated carbocycles. The predicted octanol–water partition coefficient (Wildman–Crippen LogP) is 3.75. The Kier molecular flexibility index (Phi) is 5.16. The maximum Gasteiger partial charge on any atom is 0.410 e. The molecule has 0 unspecified atom stereocenters. The topological polar surface area (TPSA) is 62.0 Å². The van der Waals surface area contributed by atoms with Crippen LogP contribution < -0.4 is 4.90 Å². The maximum absolute atomic E-state index is 12.2. The molecule has 144 valence electrons. The number of aromatic nitrogens is 1. The van der Waals surface area contributed by atoms with Crippen LogP contribution in [-0.4, -0.2) is 52.5 Å². The van der Waals surface area contributed by atoms with Gasteiger partial charge >= 0.3 is 6.09 Å². The first-order chi connectivity index (χ1) is 12.2. The normalized spacial score (nSPS) is 18.9. The Morgan fingerprint density at radius 3 is 2.54 bits per heavy atom.